The first kappa shape index (κ1) is 31.9. The monoisotopic (exact) mass is 565 g/mol. The summed E-state index contributed by atoms with van der Waals surface area (Å²) < 4.78 is 22.3. The highest BCUT2D eigenvalue weighted by Crippen LogP contribution is 2.23. The molecule has 222 valence electrons. The van der Waals surface area contributed by atoms with E-state index in [2.05, 4.69) is 6.08 Å². The minimum absolute atomic E-state index is 0.0517. The number of nitrogens with zero attached hydrogens (tertiary/aromatic N) is 1. The van der Waals surface area contributed by atoms with Crippen LogP contribution >= 0.6 is 0 Å². The highest BCUT2D eigenvalue weighted by Gasteiger charge is 2.35. The third kappa shape index (κ3) is 10.4. The SMILES string of the molecule is CC(C)C[C@@H](C(=O)OC(Cc1ccc(C2=CCOCC2)cc1)C(=O)OCc1ccccc1)N(C)C(=O)OC(C)(C)C. The molecule has 8 nitrogen and oxygen atoms in total. The number of esters is 2. The van der Waals surface area contributed by atoms with Gasteiger partial charge in [-0.3, -0.25) is 4.90 Å². The van der Waals surface area contributed by atoms with Crippen LogP contribution in [0.2, 0.25) is 0 Å². The Kier molecular flexibility index (Phi) is 11.5. The van der Waals surface area contributed by atoms with E-state index in [-0.39, 0.29) is 18.9 Å². The number of amides is 1. The molecule has 0 aromatic heterocycles. The zero-order valence-corrected chi connectivity index (χ0v) is 25.1. The van der Waals surface area contributed by atoms with Crippen LogP contribution in [-0.4, -0.2) is 60.9 Å². The molecular weight excluding hydrogens is 522 g/mol. The fraction of sp³-hybridized carbons (Fsp3) is 0.485. The van der Waals surface area contributed by atoms with E-state index in [9.17, 15) is 14.4 Å². The number of hydrogen-bond donors (Lipinski definition) is 0. The van der Waals surface area contributed by atoms with Gasteiger partial charge in [0.25, 0.3) is 0 Å². The molecule has 2 aromatic rings. The molecule has 0 radical (unpaired) electrons. The summed E-state index contributed by atoms with van der Waals surface area (Å²) in [6.45, 7) is 10.5. The number of ether oxygens (including phenoxy) is 4. The van der Waals surface area contributed by atoms with Crippen LogP contribution in [0.1, 0.15) is 64.2 Å². The van der Waals surface area contributed by atoms with Crippen LogP contribution in [0.15, 0.2) is 60.7 Å². The van der Waals surface area contributed by atoms with Crippen LogP contribution in [-0.2, 0) is 41.6 Å². The molecule has 1 aliphatic heterocycles. The number of benzene rings is 2. The molecule has 0 bridgehead atoms. The molecule has 0 N–H and O–H groups in total. The molecule has 0 aliphatic carbocycles. The standard InChI is InChI=1S/C33H43NO7/c1-23(2)20-28(34(6)32(37)41-33(3,4)5)30(35)40-29(31(36)39-22-25-10-8-7-9-11-25)21-24-12-14-26(15-13-24)27-16-18-38-19-17-27/h7-16,23,28-29H,17-22H2,1-6H3/t28-,29?/m0/s1. The second kappa shape index (κ2) is 14.8. The highest BCUT2D eigenvalue weighted by molar-refractivity contribution is 5.85. The van der Waals surface area contributed by atoms with Crippen molar-refractivity contribution < 1.29 is 33.3 Å². The summed E-state index contributed by atoms with van der Waals surface area (Å²) in [5.41, 5.74) is 3.22. The maximum Gasteiger partial charge on any atom is 0.410 e. The molecule has 0 saturated heterocycles. The van der Waals surface area contributed by atoms with Gasteiger partial charge >= 0.3 is 18.0 Å². The van der Waals surface area contributed by atoms with Crippen molar-refractivity contribution in [2.24, 2.45) is 5.92 Å². The average Bonchev–Trinajstić information content (AvgIpc) is 2.94. The Balaban J connectivity index is 1.80. The first-order valence-corrected chi connectivity index (χ1v) is 14.2. The van der Waals surface area contributed by atoms with E-state index in [0.717, 1.165) is 23.1 Å². The average molecular weight is 566 g/mol. The van der Waals surface area contributed by atoms with Crippen molar-refractivity contribution in [2.75, 3.05) is 20.3 Å². The molecule has 1 amide bonds. The van der Waals surface area contributed by atoms with Gasteiger partial charge in [0, 0.05) is 13.5 Å². The van der Waals surface area contributed by atoms with Crippen molar-refractivity contribution in [1.29, 1.82) is 0 Å². The lowest BCUT2D eigenvalue weighted by Crippen LogP contribution is -2.47. The normalized spacial score (nSPS) is 15.0. The fourth-order valence-corrected chi connectivity index (χ4v) is 4.39. The van der Waals surface area contributed by atoms with E-state index in [1.165, 1.54) is 17.5 Å². The molecule has 1 heterocycles. The molecule has 1 unspecified atom stereocenters. The van der Waals surface area contributed by atoms with Gasteiger partial charge in [0.05, 0.1) is 13.2 Å². The zero-order chi connectivity index (χ0) is 30.0. The van der Waals surface area contributed by atoms with Crippen LogP contribution in [0.25, 0.3) is 5.57 Å². The van der Waals surface area contributed by atoms with E-state index >= 15 is 0 Å². The van der Waals surface area contributed by atoms with Crippen LogP contribution < -0.4 is 0 Å². The number of rotatable bonds is 11. The van der Waals surface area contributed by atoms with Gasteiger partial charge in [0.15, 0.2) is 0 Å². The summed E-state index contributed by atoms with van der Waals surface area (Å²) in [6, 6.07) is 16.2. The quantitative estimate of drug-likeness (QED) is 0.245. The van der Waals surface area contributed by atoms with Crippen molar-refractivity contribution in [3.05, 3.63) is 77.4 Å². The molecule has 2 aromatic carbocycles. The van der Waals surface area contributed by atoms with E-state index in [0.29, 0.717) is 19.6 Å². The Labute approximate surface area is 243 Å². The fourth-order valence-electron chi connectivity index (χ4n) is 4.39. The van der Waals surface area contributed by atoms with Crippen molar-refractivity contribution >= 4 is 23.6 Å². The van der Waals surface area contributed by atoms with Gasteiger partial charge in [-0.1, -0.05) is 74.5 Å². The number of carbonyl (C=O) groups is 3. The molecule has 41 heavy (non-hydrogen) atoms. The lowest BCUT2D eigenvalue weighted by atomic mass is 9.98. The predicted octanol–water partition coefficient (Wildman–Crippen LogP) is 5.97. The molecule has 0 saturated carbocycles. The molecule has 3 rings (SSSR count). The van der Waals surface area contributed by atoms with E-state index in [1.54, 1.807) is 20.8 Å². The molecule has 8 heteroatoms. The largest absolute Gasteiger partial charge is 0.458 e. The second-order valence-electron chi connectivity index (χ2n) is 11.7. The minimum Gasteiger partial charge on any atom is -0.458 e. The smallest absolute Gasteiger partial charge is 0.410 e. The molecule has 0 spiro atoms. The third-order valence-corrected chi connectivity index (χ3v) is 6.57. The first-order valence-electron chi connectivity index (χ1n) is 14.2. The lowest BCUT2D eigenvalue weighted by Gasteiger charge is -2.31. The summed E-state index contributed by atoms with van der Waals surface area (Å²) in [4.78, 5) is 40.9. The third-order valence-electron chi connectivity index (χ3n) is 6.57. The first-order chi connectivity index (χ1) is 19.4. The Morgan fingerprint density at radius 1 is 0.951 bits per heavy atom. The van der Waals surface area contributed by atoms with Crippen molar-refractivity contribution in [2.45, 2.75) is 78.2 Å². The van der Waals surface area contributed by atoms with Gasteiger partial charge in [-0.25, -0.2) is 14.4 Å². The van der Waals surface area contributed by atoms with Crippen molar-refractivity contribution in [3.63, 3.8) is 0 Å². The Hall–Kier alpha value is -3.65. The number of likely N-dealkylation sites (N-methyl/N-ethyl adjacent to an activating group) is 1. The molecule has 1 aliphatic rings. The summed E-state index contributed by atoms with van der Waals surface area (Å²) in [7, 11) is 1.51. The van der Waals surface area contributed by atoms with Gasteiger partial charge in [-0.15, -0.1) is 0 Å². The highest BCUT2D eigenvalue weighted by atomic mass is 16.6. The van der Waals surface area contributed by atoms with Crippen LogP contribution in [0.5, 0.6) is 0 Å². The maximum absolute atomic E-state index is 13.5. The summed E-state index contributed by atoms with van der Waals surface area (Å²) in [5.74, 6) is -1.26. The Morgan fingerprint density at radius 2 is 1.63 bits per heavy atom. The predicted molar refractivity (Wildman–Crippen MR) is 157 cm³/mol. The summed E-state index contributed by atoms with van der Waals surface area (Å²) in [5, 5.41) is 0. The Bertz CT molecular complexity index is 1180. The summed E-state index contributed by atoms with van der Waals surface area (Å²) in [6.07, 6.45) is 1.55. The topological polar surface area (TPSA) is 91.4 Å². The van der Waals surface area contributed by atoms with Gasteiger partial charge in [-0.2, -0.15) is 0 Å². The molecule has 2 atom stereocenters. The maximum atomic E-state index is 13.5. The van der Waals surface area contributed by atoms with E-state index < -0.39 is 35.8 Å². The van der Waals surface area contributed by atoms with Crippen LogP contribution in [0, 0.1) is 5.92 Å². The van der Waals surface area contributed by atoms with E-state index in [1.807, 2.05) is 68.4 Å². The van der Waals surface area contributed by atoms with Gasteiger partial charge < -0.3 is 18.9 Å². The van der Waals surface area contributed by atoms with E-state index in [4.69, 9.17) is 18.9 Å². The number of hydrogen-bond acceptors (Lipinski definition) is 7. The minimum atomic E-state index is -1.19. The van der Waals surface area contributed by atoms with Crippen molar-refractivity contribution in [3.8, 4) is 0 Å². The van der Waals surface area contributed by atoms with Crippen LogP contribution in [0.4, 0.5) is 4.79 Å². The van der Waals surface area contributed by atoms with Gasteiger partial charge in [-0.05, 0) is 61.8 Å². The van der Waals surface area contributed by atoms with Crippen molar-refractivity contribution in [1.82, 2.24) is 4.90 Å². The van der Waals surface area contributed by atoms with Crippen LogP contribution in [0.3, 0.4) is 0 Å². The van der Waals surface area contributed by atoms with Gasteiger partial charge in [0.1, 0.15) is 18.2 Å². The Morgan fingerprint density at radius 3 is 2.22 bits per heavy atom. The second-order valence-corrected chi connectivity index (χ2v) is 11.7. The van der Waals surface area contributed by atoms with Gasteiger partial charge in [0.2, 0.25) is 6.10 Å². The molecule has 0 fully saturated rings. The summed E-state index contributed by atoms with van der Waals surface area (Å²) >= 11 is 0. The number of carbonyl (C=O) groups excluding carboxylic acids is 3. The zero-order valence-electron chi connectivity index (χ0n) is 25.1. The molecular formula is C33H43NO7. The lowest BCUT2D eigenvalue weighted by molar-refractivity contribution is -0.171.